The molecule has 3 aromatic carbocycles. The highest BCUT2D eigenvalue weighted by Crippen LogP contribution is 2.26. The maximum absolute atomic E-state index is 8.96. The van der Waals surface area contributed by atoms with Gasteiger partial charge in [-0.15, -0.1) is 0 Å². The second-order valence-corrected chi connectivity index (χ2v) is 7.35. The number of oxime groups is 1. The Morgan fingerprint density at radius 1 is 0.909 bits per heavy atom. The van der Waals surface area contributed by atoms with Crippen LogP contribution < -0.4 is 14.2 Å². The molecule has 0 atom stereocenters. The Hall–Kier alpha value is -3.98. The van der Waals surface area contributed by atoms with E-state index in [1.165, 1.54) is 12.7 Å². The summed E-state index contributed by atoms with van der Waals surface area (Å²) in [7, 11) is 3.17. The van der Waals surface area contributed by atoms with Gasteiger partial charge in [-0.3, -0.25) is 0 Å². The molecule has 3 rings (SSSR count). The molecule has 0 fully saturated rings. The minimum atomic E-state index is 0.236. The van der Waals surface area contributed by atoms with Gasteiger partial charge in [0.1, 0.15) is 43.3 Å². The van der Waals surface area contributed by atoms with E-state index in [1.807, 2.05) is 48.5 Å². The average molecular weight is 445 g/mol. The maximum atomic E-state index is 8.96. The molecule has 33 heavy (non-hydrogen) atoms. The third-order valence-corrected chi connectivity index (χ3v) is 5.03. The Balaban J connectivity index is 1.57. The number of hydrogen-bond acceptors (Lipinski definition) is 6. The highest BCUT2D eigenvalue weighted by molar-refractivity contribution is 6.01. The zero-order valence-corrected chi connectivity index (χ0v) is 19.2. The number of rotatable bonds is 11. The second kappa shape index (κ2) is 12.2. The van der Waals surface area contributed by atoms with Gasteiger partial charge < -0.3 is 19.0 Å². The molecule has 0 N–H and O–H groups in total. The highest BCUT2D eigenvalue weighted by atomic mass is 16.6. The third kappa shape index (κ3) is 6.75. The molecule has 0 aliphatic heterocycles. The topological polar surface area (TPSA) is 73.1 Å². The number of benzene rings is 3. The van der Waals surface area contributed by atoms with Crippen LogP contribution in [0.5, 0.6) is 17.2 Å². The summed E-state index contributed by atoms with van der Waals surface area (Å²) >= 11 is 0. The van der Waals surface area contributed by atoms with Gasteiger partial charge in [0, 0.05) is 11.6 Å². The lowest BCUT2D eigenvalue weighted by atomic mass is 10.1. The number of nitrogens with zero attached hydrogens (tertiary/aromatic N) is 2. The first-order valence-electron chi connectivity index (χ1n) is 10.8. The van der Waals surface area contributed by atoms with Gasteiger partial charge in [-0.25, -0.2) is 0 Å². The molecule has 0 bridgehead atoms. The Bertz CT molecular complexity index is 1100. The Morgan fingerprint density at radius 2 is 1.64 bits per heavy atom. The van der Waals surface area contributed by atoms with Crippen molar-refractivity contribution < 1.29 is 19.0 Å². The molecule has 0 saturated heterocycles. The number of aryl methyl sites for hydroxylation is 1. The van der Waals surface area contributed by atoms with E-state index in [2.05, 4.69) is 24.2 Å². The fraction of sp³-hybridized carbons (Fsp3) is 0.259. The van der Waals surface area contributed by atoms with Crippen molar-refractivity contribution in [1.82, 2.24) is 0 Å². The summed E-state index contributed by atoms with van der Waals surface area (Å²) in [6.45, 7) is 2.83. The summed E-state index contributed by atoms with van der Waals surface area (Å²) in [5.41, 5.74) is 4.27. The fourth-order valence-electron chi connectivity index (χ4n) is 3.30. The van der Waals surface area contributed by atoms with Gasteiger partial charge in [0.05, 0.1) is 18.7 Å². The minimum absolute atomic E-state index is 0.236. The van der Waals surface area contributed by atoms with E-state index in [4.69, 9.17) is 24.3 Å². The zero-order valence-electron chi connectivity index (χ0n) is 19.2. The van der Waals surface area contributed by atoms with E-state index in [9.17, 15) is 0 Å². The first-order valence-corrected chi connectivity index (χ1v) is 10.8. The van der Waals surface area contributed by atoms with E-state index in [0.717, 1.165) is 35.5 Å². The van der Waals surface area contributed by atoms with E-state index >= 15 is 0 Å². The van der Waals surface area contributed by atoms with Crippen LogP contribution in [0.4, 0.5) is 0 Å². The van der Waals surface area contributed by atoms with Crippen LogP contribution in [0.15, 0.2) is 71.9 Å². The third-order valence-electron chi connectivity index (χ3n) is 5.03. The van der Waals surface area contributed by atoms with Gasteiger partial charge in [-0.1, -0.05) is 48.8 Å². The van der Waals surface area contributed by atoms with E-state index < -0.39 is 0 Å². The predicted molar refractivity (Wildman–Crippen MR) is 128 cm³/mol. The normalized spacial score (nSPS) is 10.9. The van der Waals surface area contributed by atoms with Gasteiger partial charge in [0.25, 0.3) is 0 Å². The number of nitriles is 1. The fourth-order valence-corrected chi connectivity index (χ4v) is 3.30. The van der Waals surface area contributed by atoms with Crippen molar-refractivity contribution in [1.29, 1.82) is 5.26 Å². The highest BCUT2D eigenvalue weighted by Gasteiger charge is 2.08. The summed E-state index contributed by atoms with van der Waals surface area (Å²) < 4.78 is 17.3. The molecule has 6 heteroatoms. The summed E-state index contributed by atoms with van der Waals surface area (Å²) in [5.74, 6) is 2.34. The van der Waals surface area contributed by atoms with Crippen LogP contribution in [-0.2, 0) is 17.9 Å². The van der Waals surface area contributed by atoms with Gasteiger partial charge in [0.2, 0.25) is 0 Å². The lowest BCUT2D eigenvalue weighted by molar-refractivity contribution is 0.210. The number of ether oxygens (including phenoxy) is 3. The van der Waals surface area contributed by atoms with Crippen LogP contribution in [0.25, 0.3) is 0 Å². The summed E-state index contributed by atoms with van der Waals surface area (Å²) in [6, 6.07) is 22.9. The van der Waals surface area contributed by atoms with Gasteiger partial charge >= 0.3 is 0 Å². The van der Waals surface area contributed by atoms with Gasteiger partial charge in [0.15, 0.2) is 0 Å². The largest absolute Gasteiger partial charge is 0.496 e. The van der Waals surface area contributed by atoms with E-state index in [0.29, 0.717) is 23.6 Å². The van der Waals surface area contributed by atoms with Crippen molar-refractivity contribution in [2.75, 3.05) is 20.8 Å². The summed E-state index contributed by atoms with van der Waals surface area (Å²) in [6.07, 6.45) is 2.05. The molecular weight excluding hydrogens is 416 g/mol. The molecule has 170 valence electrons. The quantitative estimate of drug-likeness (QED) is 0.287. The molecule has 3 aromatic rings. The SMILES string of the molecule is CCCc1ccc(OCc2ccc(OC/C(=N\OC)c3ccc(C#N)cc3)cc2)cc1OC. The van der Waals surface area contributed by atoms with Crippen LogP contribution >= 0.6 is 0 Å². The van der Waals surface area contributed by atoms with Crippen LogP contribution in [0, 0.1) is 11.3 Å². The number of hydrogen-bond donors (Lipinski definition) is 0. The van der Waals surface area contributed by atoms with Crippen LogP contribution in [0.3, 0.4) is 0 Å². The zero-order chi connectivity index (χ0) is 23.5. The van der Waals surface area contributed by atoms with Crippen molar-refractivity contribution in [3.05, 3.63) is 89.0 Å². The van der Waals surface area contributed by atoms with Gasteiger partial charge in [-0.2, -0.15) is 5.26 Å². The minimum Gasteiger partial charge on any atom is -0.496 e. The number of methoxy groups -OCH3 is 1. The predicted octanol–water partition coefficient (Wildman–Crippen LogP) is 5.53. The molecule has 0 aliphatic rings. The second-order valence-electron chi connectivity index (χ2n) is 7.35. The van der Waals surface area contributed by atoms with E-state index in [-0.39, 0.29) is 6.61 Å². The average Bonchev–Trinajstić information content (AvgIpc) is 2.86. The Labute approximate surface area is 195 Å². The van der Waals surface area contributed by atoms with Crippen molar-refractivity contribution >= 4 is 5.71 Å². The molecule has 0 spiro atoms. The van der Waals surface area contributed by atoms with Crippen molar-refractivity contribution in [2.45, 2.75) is 26.4 Å². The smallest absolute Gasteiger partial charge is 0.134 e. The molecule has 0 amide bonds. The molecule has 0 aromatic heterocycles. The molecular formula is C27H28N2O4. The summed E-state index contributed by atoms with van der Waals surface area (Å²) in [4.78, 5) is 4.95. The molecule has 0 unspecified atom stereocenters. The molecule has 0 aliphatic carbocycles. The first kappa shape index (κ1) is 23.7. The standard InChI is InChI=1S/C27H28N2O4/c1-4-5-23-12-15-25(16-27(23)30-2)32-18-21-8-13-24(14-9-21)33-19-26(29-31-3)22-10-6-20(17-28)7-11-22/h6-16H,4-5,18-19H2,1-3H3/b29-26+. The first-order chi connectivity index (χ1) is 16.2. The molecule has 0 radical (unpaired) electrons. The van der Waals surface area contributed by atoms with E-state index in [1.54, 1.807) is 19.2 Å². The van der Waals surface area contributed by atoms with Crippen LogP contribution in [0.1, 0.15) is 35.6 Å². The maximum Gasteiger partial charge on any atom is 0.134 e. The van der Waals surface area contributed by atoms with Crippen molar-refractivity contribution in [3.63, 3.8) is 0 Å². The Kier molecular flexibility index (Phi) is 8.72. The van der Waals surface area contributed by atoms with Crippen molar-refractivity contribution in [3.8, 4) is 23.3 Å². The lowest BCUT2D eigenvalue weighted by Gasteiger charge is -2.12. The van der Waals surface area contributed by atoms with Crippen LogP contribution in [-0.4, -0.2) is 26.5 Å². The van der Waals surface area contributed by atoms with Gasteiger partial charge in [-0.05, 0) is 47.9 Å². The Morgan fingerprint density at radius 3 is 2.27 bits per heavy atom. The summed E-state index contributed by atoms with van der Waals surface area (Å²) in [5, 5.41) is 13.0. The monoisotopic (exact) mass is 444 g/mol. The lowest BCUT2D eigenvalue weighted by Crippen LogP contribution is -2.13. The van der Waals surface area contributed by atoms with Crippen molar-refractivity contribution in [2.24, 2.45) is 5.16 Å². The molecule has 0 heterocycles. The van der Waals surface area contributed by atoms with Crippen LogP contribution in [0.2, 0.25) is 0 Å². The molecule has 0 saturated carbocycles. The molecule has 6 nitrogen and oxygen atoms in total.